The van der Waals surface area contributed by atoms with Crippen LogP contribution in [0.15, 0.2) is 0 Å². The Bertz CT molecular complexity index is 293. The number of nitrogens with zero attached hydrogens (tertiary/aromatic N) is 1. The minimum atomic E-state index is -0.786. The van der Waals surface area contributed by atoms with Gasteiger partial charge in [-0.2, -0.15) is 0 Å². The van der Waals surface area contributed by atoms with Crippen LogP contribution in [0.4, 0.5) is 0 Å². The summed E-state index contributed by atoms with van der Waals surface area (Å²) in [6.07, 6.45) is 4.56. The number of aliphatic hydroxyl groups is 2. The lowest BCUT2D eigenvalue weighted by Crippen LogP contribution is -2.48. The Morgan fingerprint density at radius 1 is 1.22 bits per heavy atom. The summed E-state index contributed by atoms with van der Waals surface area (Å²) in [5.41, 5.74) is -0.0756. The first-order chi connectivity index (χ1) is 8.56. The van der Waals surface area contributed by atoms with Crippen LogP contribution in [-0.4, -0.2) is 58.9 Å². The van der Waals surface area contributed by atoms with Crippen molar-refractivity contribution < 1.29 is 15.0 Å². The number of hydrogen-bond donors (Lipinski definition) is 3. The summed E-state index contributed by atoms with van der Waals surface area (Å²) in [4.78, 5) is 13.8. The van der Waals surface area contributed by atoms with E-state index in [4.69, 9.17) is 0 Å². The molecule has 1 heterocycles. The van der Waals surface area contributed by atoms with E-state index in [-0.39, 0.29) is 24.5 Å². The molecule has 1 saturated heterocycles. The van der Waals surface area contributed by atoms with Crippen molar-refractivity contribution in [1.29, 1.82) is 0 Å². The van der Waals surface area contributed by atoms with Gasteiger partial charge in [0.15, 0.2) is 0 Å². The Morgan fingerprint density at radius 2 is 1.78 bits per heavy atom. The molecule has 5 nitrogen and oxygen atoms in total. The van der Waals surface area contributed by atoms with Gasteiger partial charge in [0.05, 0.1) is 12.2 Å². The first kappa shape index (κ1) is 13.8. The lowest BCUT2D eigenvalue weighted by atomic mass is 9.79. The second-order valence-electron chi connectivity index (χ2n) is 5.70. The zero-order valence-electron chi connectivity index (χ0n) is 11.1. The van der Waals surface area contributed by atoms with Crippen molar-refractivity contribution in [3.8, 4) is 0 Å². The molecule has 3 N–H and O–H groups in total. The molecule has 104 valence electrons. The summed E-state index contributed by atoms with van der Waals surface area (Å²) in [5.74, 6) is 0.0434. The number of aliphatic hydroxyl groups excluding tert-OH is 2. The second kappa shape index (κ2) is 5.55. The van der Waals surface area contributed by atoms with Crippen LogP contribution < -0.4 is 5.32 Å². The first-order valence-corrected chi connectivity index (χ1v) is 6.89. The maximum absolute atomic E-state index is 12.2. The van der Waals surface area contributed by atoms with Gasteiger partial charge in [0.2, 0.25) is 5.91 Å². The molecule has 0 spiro atoms. The van der Waals surface area contributed by atoms with Gasteiger partial charge in [0.1, 0.15) is 0 Å². The molecule has 2 unspecified atom stereocenters. The Morgan fingerprint density at radius 3 is 2.28 bits per heavy atom. The molecule has 2 aliphatic rings. The van der Waals surface area contributed by atoms with E-state index in [1.807, 2.05) is 7.05 Å². The largest absolute Gasteiger partial charge is 0.388 e. The number of carbonyl (C=O) groups excluding carboxylic acids is 1. The number of β-amino-alcohol motifs (C(OH)–C–C–N with tert-alkyl or cyclic N) is 2. The SMILES string of the molecule is CNC1(CC(=O)N2CC(O)C(O)C2)CCCCC1. The van der Waals surface area contributed by atoms with E-state index in [9.17, 15) is 15.0 Å². The molecular weight excluding hydrogens is 232 g/mol. The molecule has 2 atom stereocenters. The van der Waals surface area contributed by atoms with Gasteiger partial charge in [-0.3, -0.25) is 4.79 Å². The van der Waals surface area contributed by atoms with E-state index in [2.05, 4.69) is 5.32 Å². The Kier molecular flexibility index (Phi) is 4.25. The molecule has 0 radical (unpaired) electrons. The van der Waals surface area contributed by atoms with E-state index < -0.39 is 12.2 Å². The van der Waals surface area contributed by atoms with Crippen LogP contribution in [-0.2, 0) is 4.79 Å². The lowest BCUT2D eigenvalue weighted by Gasteiger charge is -2.37. The minimum Gasteiger partial charge on any atom is -0.388 e. The van der Waals surface area contributed by atoms with Gasteiger partial charge in [-0.15, -0.1) is 0 Å². The van der Waals surface area contributed by atoms with E-state index in [1.54, 1.807) is 4.90 Å². The highest BCUT2D eigenvalue weighted by atomic mass is 16.3. The van der Waals surface area contributed by atoms with Gasteiger partial charge >= 0.3 is 0 Å². The fraction of sp³-hybridized carbons (Fsp3) is 0.923. The smallest absolute Gasteiger partial charge is 0.224 e. The van der Waals surface area contributed by atoms with Crippen LogP contribution in [0.3, 0.4) is 0 Å². The molecule has 2 rings (SSSR count). The molecule has 2 fully saturated rings. The van der Waals surface area contributed by atoms with Gasteiger partial charge in [-0.25, -0.2) is 0 Å². The quantitative estimate of drug-likeness (QED) is 0.657. The number of nitrogens with one attached hydrogen (secondary N) is 1. The highest BCUT2D eigenvalue weighted by molar-refractivity contribution is 5.78. The van der Waals surface area contributed by atoms with Crippen molar-refractivity contribution in [3.05, 3.63) is 0 Å². The summed E-state index contributed by atoms with van der Waals surface area (Å²) >= 11 is 0. The molecule has 1 amide bonds. The average Bonchev–Trinajstić information content (AvgIpc) is 2.71. The van der Waals surface area contributed by atoms with Crippen molar-refractivity contribution in [3.63, 3.8) is 0 Å². The molecule has 0 bridgehead atoms. The van der Waals surface area contributed by atoms with Crippen LogP contribution in [0.5, 0.6) is 0 Å². The summed E-state index contributed by atoms with van der Waals surface area (Å²) in [5, 5.41) is 22.3. The van der Waals surface area contributed by atoms with Crippen molar-refractivity contribution in [1.82, 2.24) is 10.2 Å². The zero-order valence-corrected chi connectivity index (χ0v) is 11.1. The van der Waals surface area contributed by atoms with Gasteiger partial charge in [0, 0.05) is 25.0 Å². The van der Waals surface area contributed by atoms with Crippen molar-refractivity contribution in [2.24, 2.45) is 0 Å². The number of carbonyl (C=O) groups is 1. The molecule has 0 aromatic heterocycles. The lowest BCUT2D eigenvalue weighted by molar-refractivity contribution is -0.132. The van der Waals surface area contributed by atoms with Crippen molar-refractivity contribution in [2.75, 3.05) is 20.1 Å². The standard InChI is InChI=1S/C13H24N2O3/c1-14-13(5-3-2-4-6-13)7-12(18)15-8-10(16)11(17)9-15/h10-11,14,16-17H,2-9H2,1H3. The minimum absolute atomic E-state index is 0.0434. The third kappa shape index (κ3) is 2.84. The predicted molar refractivity (Wildman–Crippen MR) is 68.1 cm³/mol. The average molecular weight is 256 g/mol. The van der Waals surface area contributed by atoms with Crippen molar-refractivity contribution >= 4 is 5.91 Å². The van der Waals surface area contributed by atoms with E-state index in [1.165, 1.54) is 19.3 Å². The first-order valence-electron chi connectivity index (χ1n) is 6.89. The fourth-order valence-corrected chi connectivity index (χ4v) is 3.12. The summed E-state index contributed by atoms with van der Waals surface area (Å²) in [6, 6.07) is 0. The molecule has 0 aromatic carbocycles. The highest BCUT2D eigenvalue weighted by Gasteiger charge is 2.38. The number of hydrogen-bond acceptors (Lipinski definition) is 4. The van der Waals surface area contributed by atoms with E-state index in [0.717, 1.165) is 12.8 Å². The highest BCUT2D eigenvalue weighted by Crippen LogP contribution is 2.31. The number of likely N-dealkylation sites (tertiary alicyclic amines) is 1. The van der Waals surface area contributed by atoms with E-state index in [0.29, 0.717) is 6.42 Å². The number of amides is 1. The second-order valence-corrected chi connectivity index (χ2v) is 5.70. The van der Waals surface area contributed by atoms with Gasteiger partial charge in [0.25, 0.3) is 0 Å². The predicted octanol–water partition coefficient (Wildman–Crippen LogP) is -0.137. The number of rotatable bonds is 3. The van der Waals surface area contributed by atoms with E-state index >= 15 is 0 Å². The van der Waals surface area contributed by atoms with Gasteiger partial charge < -0.3 is 20.4 Å². The summed E-state index contributed by atoms with van der Waals surface area (Å²) in [6.45, 7) is 0.527. The Hall–Kier alpha value is -0.650. The third-order valence-corrected chi connectivity index (χ3v) is 4.44. The monoisotopic (exact) mass is 256 g/mol. The Labute approximate surface area is 108 Å². The molecule has 0 aromatic rings. The Balaban J connectivity index is 1.93. The zero-order chi connectivity index (χ0) is 13.2. The van der Waals surface area contributed by atoms with Crippen LogP contribution in [0.25, 0.3) is 0 Å². The van der Waals surface area contributed by atoms with Gasteiger partial charge in [-0.05, 0) is 19.9 Å². The molecule has 18 heavy (non-hydrogen) atoms. The normalized spacial score (nSPS) is 31.6. The molecule has 1 aliphatic carbocycles. The fourth-order valence-electron chi connectivity index (χ4n) is 3.12. The van der Waals surface area contributed by atoms with Crippen LogP contribution in [0, 0.1) is 0 Å². The molecular formula is C13H24N2O3. The third-order valence-electron chi connectivity index (χ3n) is 4.44. The maximum Gasteiger partial charge on any atom is 0.224 e. The van der Waals surface area contributed by atoms with Crippen LogP contribution in [0.1, 0.15) is 38.5 Å². The van der Waals surface area contributed by atoms with Gasteiger partial charge in [-0.1, -0.05) is 19.3 Å². The topological polar surface area (TPSA) is 72.8 Å². The van der Waals surface area contributed by atoms with Crippen LogP contribution >= 0.6 is 0 Å². The molecule has 1 saturated carbocycles. The molecule has 1 aliphatic heterocycles. The van der Waals surface area contributed by atoms with Crippen molar-refractivity contribution in [2.45, 2.75) is 56.3 Å². The maximum atomic E-state index is 12.2. The summed E-state index contributed by atoms with van der Waals surface area (Å²) in [7, 11) is 1.92. The molecule has 5 heteroatoms. The summed E-state index contributed by atoms with van der Waals surface area (Å²) < 4.78 is 0. The van der Waals surface area contributed by atoms with Crippen LogP contribution in [0.2, 0.25) is 0 Å².